The lowest BCUT2D eigenvalue weighted by molar-refractivity contribution is -0.137. The highest BCUT2D eigenvalue weighted by atomic mass is 35.5. The van der Waals surface area contributed by atoms with Gasteiger partial charge in [-0.25, -0.2) is 0 Å². The van der Waals surface area contributed by atoms with E-state index in [0.717, 1.165) is 17.7 Å². The predicted molar refractivity (Wildman–Crippen MR) is 87.9 cm³/mol. The summed E-state index contributed by atoms with van der Waals surface area (Å²) in [6, 6.07) is 11.6. The standard InChI is InChI=1S/C17H16ClF3N2O/c1-11(12-5-7-14(18)8-6-12)22-10-16(24)23-15-4-2-3-13(9-15)17(19,20)21/h2-9,11,22H,10H2,1H3,(H,23,24)/t11-/m0/s1. The Morgan fingerprint density at radius 3 is 2.46 bits per heavy atom. The highest BCUT2D eigenvalue weighted by Crippen LogP contribution is 2.30. The van der Waals surface area contributed by atoms with Crippen molar-refractivity contribution in [3.63, 3.8) is 0 Å². The molecule has 3 nitrogen and oxygen atoms in total. The average Bonchev–Trinajstić information content (AvgIpc) is 2.53. The molecule has 0 saturated heterocycles. The molecule has 0 radical (unpaired) electrons. The van der Waals surface area contributed by atoms with Crippen LogP contribution in [-0.2, 0) is 11.0 Å². The van der Waals surface area contributed by atoms with Gasteiger partial charge in [-0.15, -0.1) is 0 Å². The van der Waals surface area contributed by atoms with Crippen LogP contribution in [-0.4, -0.2) is 12.5 Å². The van der Waals surface area contributed by atoms with Gasteiger partial charge in [0.25, 0.3) is 0 Å². The second-order valence-corrected chi connectivity index (χ2v) is 5.72. The zero-order valence-corrected chi connectivity index (χ0v) is 13.6. The molecule has 2 N–H and O–H groups in total. The summed E-state index contributed by atoms with van der Waals surface area (Å²) in [5.41, 5.74) is 0.254. The van der Waals surface area contributed by atoms with Gasteiger partial charge in [-0.3, -0.25) is 4.79 Å². The van der Waals surface area contributed by atoms with E-state index in [1.54, 1.807) is 12.1 Å². The van der Waals surface area contributed by atoms with Gasteiger partial charge in [0.05, 0.1) is 12.1 Å². The molecule has 0 unspecified atom stereocenters. The zero-order chi connectivity index (χ0) is 17.7. The summed E-state index contributed by atoms with van der Waals surface area (Å²) >= 11 is 5.81. The molecule has 0 aromatic heterocycles. The lowest BCUT2D eigenvalue weighted by Crippen LogP contribution is -2.30. The van der Waals surface area contributed by atoms with Crippen molar-refractivity contribution in [2.45, 2.75) is 19.1 Å². The Hall–Kier alpha value is -2.05. The van der Waals surface area contributed by atoms with E-state index in [4.69, 9.17) is 11.6 Å². The number of alkyl halides is 3. The number of carbonyl (C=O) groups is 1. The second kappa shape index (κ2) is 7.68. The summed E-state index contributed by atoms with van der Waals surface area (Å²) in [5.74, 6) is -0.421. The van der Waals surface area contributed by atoms with Gasteiger partial charge in [0.15, 0.2) is 0 Å². The minimum absolute atomic E-state index is 0.0277. The van der Waals surface area contributed by atoms with E-state index in [-0.39, 0.29) is 18.3 Å². The molecule has 1 amide bonds. The molecule has 0 aliphatic heterocycles. The van der Waals surface area contributed by atoms with Crippen molar-refractivity contribution in [1.29, 1.82) is 0 Å². The first-order valence-electron chi connectivity index (χ1n) is 7.21. The minimum Gasteiger partial charge on any atom is -0.325 e. The number of amides is 1. The van der Waals surface area contributed by atoms with Crippen LogP contribution in [0.2, 0.25) is 5.02 Å². The van der Waals surface area contributed by atoms with Gasteiger partial charge in [-0.2, -0.15) is 13.2 Å². The lowest BCUT2D eigenvalue weighted by atomic mass is 10.1. The van der Waals surface area contributed by atoms with Gasteiger partial charge in [-0.05, 0) is 42.8 Å². The fourth-order valence-electron chi connectivity index (χ4n) is 2.09. The quantitative estimate of drug-likeness (QED) is 0.818. The maximum Gasteiger partial charge on any atom is 0.416 e. The third-order valence-corrected chi connectivity index (χ3v) is 3.66. The smallest absolute Gasteiger partial charge is 0.325 e. The highest BCUT2D eigenvalue weighted by molar-refractivity contribution is 6.30. The predicted octanol–water partition coefficient (Wildman–Crippen LogP) is 4.65. The van der Waals surface area contributed by atoms with Crippen molar-refractivity contribution in [3.8, 4) is 0 Å². The van der Waals surface area contributed by atoms with Gasteiger partial charge in [0.1, 0.15) is 0 Å². The van der Waals surface area contributed by atoms with E-state index < -0.39 is 17.6 Å². The molecule has 24 heavy (non-hydrogen) atoms. The van der Waals surface area contributed by atoms with Crippen LogP contribution in [0, 0.1) is 0 Å². The molecule has 2 aromatic carbocycles. The minimum atomic E-state index is -4.44. The molecule has 128 valence electrons. The number of carbonyl (C=O) groups excluding carboxylic acids is 1. The summed E-state index contributed by atoms with van der Waals surface area (Å²) in [6.45, 7) is 1.85. The number of halogens is 4. The monoisotopic (exact) mass is 356 g/mol. The Balaban J connectivity index is 1.90. The number of hydrogen-bond donors (Lipinski definition) is 2. The van der Waals surface area contributed by atoms with Crippen molar-refractivity contribution >= 4 is 23.2 Å². The first-order chi connectivity index (χ1) is 11.3. The number of rotatable bonds is 5. The molecule has 0 saturated carbocycles. The fraction of sp³-hybridized carbons (Fsp3) is 0.235. The maximum atomic E-state index is 12.6. The van der Waals surface area contributed by atoms with E-state index in [1.807, 2.05) is 19.1 Å². The molecule has 0 aliphatic rings. The van der Waals surface area contributed by atoms with Crippen LogP contribution in [0.15, 0.2) is 48.5 Å². The van der Waals surface area contributed by atoms with Crippen LogP contribution in [0.25, 0.3) is 0 Å². The van der Waals surface area contributed by atoms with Crippen molar-refractivity contribution in [3.05, 3.63) is 64.7 Å². The van der Waals surface area contributed by atoms with Gasteiger partial charge in [0.2, 0.25) is 5.91 Å². The normalized spacial score (nSPS) is 12.7. The Kier molecular flexibility index (Phi) is 5.85. The van der Waals surface area contributed by atoms with Crippen molar-refractivity contribution < 1.29 is 18.0 Å². The van der Waals surface area contributed by atoms with Crippen LogP contribution in [0.3, 0.4) is 0 Å². The number of anilines is 1. The third kappa shape index (κ3) is 5.25. The molecule has 0 spiro atoms. The molecule has 1 atom stereocenters. The van der Waals surface area contributed by atoms with Gasteiger partial charge in [-0.1, -0.05) is 29.8 Å². The Labute approximate surface area is 142 Å². The van der Waals surface area contributed by atoms with Crippen molar-refractivity contribution in [2.75, 3.05) is 11.9 Å². The molecule has 0 aliphatic carbocycles. The lowest BCUT2D eigenvalue weighted by Gasteiger charge is -2.15. The van der Waals surface area contributed by atoms with Crippen LogP contribution >= 0.6 is 11.6 Å². The number of hydrogen-bond acceptors (Lipinski definition) is 2. The Morgan fingerprint density at radius 2 is 1.83 bits per heavy atom. The molecule has 0 fully saturated rings. The van der Waals surface area contributed by atoms with E-state index in [0.29, 0.717) is 5.02 Å². The van der Waals surface area contributed by atoms with Crippen LogP contribution in [0.4, 0.5) is 18.9 Å². The Bertz CT molecular complexity index is 702. The third-order valence-electron chi connectivity index (χ3n) is 3.41. The summed E-state index contributed by atoms with van der Waals surface area (Å²) in [6.07, 6.45) is -4.44. The van der Waals surface area contributed by atoms with E-state index in [9.17, 15) is 18.0 Å². The Morgan fingerprint density at radius 1 is 1.17 bits per heavy atom. The molecule has 7 heteroatoms. The van der Waals surface area contributed by atoms with Gasteiger partial charge < -0.3 is 10.6 Å². The van der Waals surface area contributed by atoms with E-state index in [2.05, 4.69) is 10.6 Å². The highest BCUT2D eigenvalue weighted by Gasteiger charge is 2.30. The van der Waals surface area contributed by atoms with E-state index >= 15 is 0 Å². The summed E-state index contributed by atoms with van der Waals surface area (Å²) in [4.78, 5) is 11.9. The second-order valence-electron chi connectivity index (χ2n) is 5.28. The first kappa shape index (κ1) is 18.3. The maximum absolute atomic E-state index is 12.6. The van der Waals surface area contributed by atoms with Crippen molar-refractivity contribution in [1.82, 2.24) is 5.32 Å². The SMILES string of the molecule is C[C@H](NCC(=O)Nc1cccc(C(F)(F)F)c1)c1ccc(Cl)cc1. The van der Waals surface area contributed by atoms with Gasteiger partial charge in [0, 0.05) is 16.8 Å². The van der Waals surface area contributed by atoms with Gasteiger partial charge >= 0.3 is 6.18 Å². The average molecular weight is 357 g/mol. The van der Waals surface area contributed by atoms with Crippen LogP contribution in [0.5, 0.6) is 0 Å². The summed E-state index contributed by atoms with van der Waals surface area (Å²) in [7, 11) is 0. The molecule has 0 bridgehead atoms. The number of benzene rings is 2. The molecule has 2 rings (SSSR count). The molecular weight excluding hydrogens is 341 g/mol. The molecular formula is C17H16ClF3N2O. The summed E-state index contributed by atoms with van der Waals surface area (Å²) < 4.78 is 37.9. The first-order valence-corrected chi connectivity index (χ1v) is 7.59. The van der Waals surface area contributed by atoms with Crippen LogP contribution in [0.1, 0.15) is 24.1 Å². The largest absolute Gasteiger partial charge is 0.416 e. The topological polar surface area (TPSA) is 41.1 Å². The summed E-state index contributed by atoms with van der Waals surface area (Å²) in [5, 5.41) is 6.07. The number of nitrogens with one attached hydrogen (secondary N) is 2. The fourth-order valence-corrected chi connectivity index (χ4v) is 2.22. The molecule has 2 aromatic rings. The van der Waals surface area contributed by atoms with Crippen molar-refractivity contribution in [2.24, 2.45) is 0 Å². The van der Waals surface area contributed by atoms with Crippen LogP contribution < -0.4 is 10.6 Å². The van der Waals surface area contributed by atoms with E-state index in [1.165, 1.54) is 12.1 Å². The molecule has 0 heterocycles. The zero-order valence-electron chi connectivity index (χ0n) is 12.8.